The van der Waals surface area contributed by atoms with Crippen LogP contribution >= 0.6 is 15.9 Å². The van der Waals surface area contributed by atoms with E-state index in [1.807, 2.05) is 12.1 Å². The van der Waals surface area contributed by atoms with Crippen LogP contribution in [0.5, 0.6) is 0 Å². The molecule has 5 nitrogen and oxygen atoms in total. The number of anilines is 1. The number of nitrogens with two attached hydrogens (primary N) is 1. The molecule has 108 valence electrons. The number of imidazole rings is 1. The Morgan fingerprint density at radius 1 is 1.20 bits per heavy atom. The Bertz CT molecular complexity index is 601. The molecule has 2 N–H and O–H groups in total. The second-order valence-corrected chi connectivity index (χ2v) is 6.32. The number of aromatic nitrogens is 2. The Labute approximate surface area is 127 Å². The molecule has 1 aromatic carbocycles. The number of halogens is 1. The highest BCUT2D eigenvalue weighted by molar-refractivity contribution is 9.10. The normalized spacial score (nSPS) is 17.9. The lowest BCUT2D eigenvalue weighted by atomic mass is 10.3. The number of likely N-dealkylation sites (N-methyl/N-ethyl adjacent to an activating group) is 1. The van der Waals surface area contributed by atoms with Crippen LogP contribution in [0.1, 0.15) is 0 Å². The maximum absolute atomic E-state index is 6.05. The first-order valence-corrected chi connectivity index (χ1v) is 7.75. The van der Waals surface area contributed by atoms with Gasteiger partial charge in [-0.1, -0.05) is 15.9 Å². The molecule has 1 aliphatic rings. The summed E-state index contributed by atoms with van der Waals surface area (Å²) in [6, 6.07) is 6.09. The van der Waals surface area contributed by atoms with Crippen molar-refractivity contribution in [1.82, 2.24) is 19.4 Å². The van der Waals surface area contributed by atoms with Gasteiger partial charge in [0.15, 0.2) is 0 Å². The molecule has 1 saturated heterocycles. The van der Waals surface area contributed by atoms with Crippen LogP contribution in [0.25, 0.3) is 11.0 Å². The summed E-state index contributed by atoms with van der Waals surface area (Å²) < 4.78 is 3.17. The van der Waals surface area contributed by atoms with E-state index in [4.69, 9.17) is 5.73 Å². The SMILES string of the molecule is CN1CCN(CCn2c(N)nc3ccc(Br)cc32)CC1. The van der Waals surface area contributed by atoms with Gasteiger partial charge >= 0.3 is 0 Å². The van der Waals surface area contributed by atoms with Gasteiger partial charge in [0, 0.05) is 43.7 Å². The van der Waals surface area contributed by atoms with Gasteiger partial charge < -0.3 is 15.2 Å². The highest BCUT2D eigenvalue weighted by Gasteiger charge is 2.15. The zero-order valence-corrected chi connectivity index (χ0v) is 13.3. The molecule has 0 unspecified atom stereocenters. The fourth-order valence-corrected chi connectivity index (χ4v) is 3.01. The lowest BCUT2D eigenvalue weighted by molar-refractivity contribution is 0.150. The molecule has 0 radical (unpaired) electrons. The molecule has 6 heteroatoms. The zero-order valence-electron chi connectivity index (χ0n) is 11.7. The number of nitrogen functional groups attached to an aromatic ring is 1. The highest BCUT2D eigenvalue weighted by atomic mass is 79.9. The molecule has 2 aromatic rings. The van der Waals surface area contributed by atoms with Crippen molar-refractivity contribution in [3.63, 3.8) is 0 Å². The Balaban J connectivity index is 1.74. The molecule has 0 amide bonds. The van der Waals surface area contributed by atoms with Gasteiger partial charge in [-0.25, -0.2) is 4.98 Å². The third-order valence-electron chi connectivity index (χ3n) is 3.98. The van der Waals surface area contributed by atoms with E-state index in [-0.39, 0.29) is 0 Å². The lowest BCUT2D eigenvalue weighted by Gasteiger charge is -2.32. The first-order chi connectivity index (χ1) is 9.63. The summed E-state index contributed by atoms with van der Waals surface area (Å²) in [6.07, 6.45) is 0. The van der Waals surface area contributed by atoms with Crippen molar-refractivity contribution >= 4 is 32.9 Å². The van der Waals surface area contributed by atoms with Crippen LogP contribution in [-0.2, 0) is 6.54 Å². The fourth-order valence-electron chi connectivity index (χ4n) is 2.66. The van der Waals surface area contributed by atoms with E-state index in [0.717, 1.165) is 54.8 Å². The van der Waals surface area contributed by atoms with Crippen LogP contribution in [0.15, 0.2) is 22.7 Å². The van der Waals surface area contributed by atoms with Crippen molar-refractivity contribution < 1.29 is 0 Å². The largest absolute Gasteiger partial charge is 0.369 e. The minimum atomic E-state index is 0.604. The second kappa shape index (κ2) is 5.71. The fraction of sp³-hybridized carbons (Fsp3) is 0.500. The maximum atomic E-state index is 6.05. The van der Waals surface area contributed by atoms with E-state index >= 15 is 0 Å². The van der Waals surface area contributed by atoms with E-state index in [0.29, 0.717) is 5.95 Å². The monoisotopic (exact) mass is 337 g/mol. The molecule has 0 aliphatic carbocycles. The predicted octanol–water partition coefficient (Wildman–Crippen LogP) is 1.63. The number of rotatable bonds is 3. The van der Waals surface area contributed by atoms with Crippen molar-refractivity contribution in [2.75, 3.05) is 45.5 Å². The van der Waals surface area contributed by atoms with Gasteiger partial charge in [0.2, 0.25) is 5.95 Å². The van der Waals surface area contributed by atoms with Gasteiger partial charge in [-0.2, -0.15) is 0 Å². The predicted molar refractivity (Wildman–Crippen MR) is 85.8 cm³/mol. The Hall–Kier alpha value is -1.11. The Morgan fingerprint density at radius 3 is 2.70 bits per heavy atom. The van der Waals surface area contributed by atoms with E-state index in [9.17, 15) is 0 Å². The third kappa shape index (κ3) is 2.82. The van der Waals surface area contributed by atoms with Gasteiger partial charge in [-0.3, -0.25) is 4.90 Å². The summed E-state index contributed by atoms with van der Waals surface area (Å²) in [5, 5.41) is 0. The highest BCUT2D eigenvalue weighted by Crippen LogP contribution is 2.22. The molecule has 0 spiro atoms. The number of nitrogens with zero attached hydrogens (tertiary/aromatic N) is 4. The lowest BCUT2D eigenvalue weighted by Crippen LogP contribution is -2.45. The first-order valence-electron chi connectivity index (χ1n) is 6.95. The topological polar surface area (TPSA) is 50.3 Å². The second-order valence-electron chi connectivity index (χ2n) is 5.40. The van der Waals surface area contributed by atoms with Gasteiger partial charge in [0.25, 0.3) is 0 Å². The molecule has 20 heavy (non-hydrogen) atoms. The van der Waals surface area contributed by atoms with Gasteiger partial charge in [0.05, 0.1) is 11.0 Å². The Kier molecular flexibility index (Phi) is 3.96. The molecule has 2 heterocycles. The van der Waals surface area contributed by atoms with E-state index < -0.39 is 0 Å². The molecule has 1 aliphatic heterocycles. The van der Waals surface area contributed by atoms with Crippen LogP contribution < -0.4 is 5.73 Å². The standard InChI is InChI=1S/C14H20BrN5/c1-18-4-6-19(7-5-18)8-9-20-13-10-11(15)2-3-12(13)17-14(20)16/h2-3,10H,4-9H2,1H3,(H2,16,17). The zero-order chi connectivity index (χ0) is 14.1. The summed E-state index contributed by atoms with van der Waals surface area (Å²) in [7, 11) is 2.18. The molecule has 1 aromatic heterocycles. The summed E-state index contributed by atoms with van der Waals surface area (Å²) >= 11 is 3.51. The van der Waals surface area contributed by atoms with E-state index in [1.54, 1.807) is 0 Å². The molecule has 0 saturated carbocycles. The molecule has 3 rings (SSSR count). The van der Waals surface area contributed by atoms with Crippen molar-refractivity contribution in [1.29, 1.82) is 0 Å². The molecule has 0 bridgehead atoms. The summed E-state index contributed by atoms with van der Waals surface area (Å²) in [4.78, 5) is 9.28. The van der Waals surface area contributed by atoms with Crippen LogP contribution in [0.2, 0.25) is 0 Å². The third-order valence-corrected chi connectivity index (χ3v) is 4.47. The maximum Gasteiger partial charge on any atom is 0.201 e. The Morgan fingerprint density at radius 2 is 1.95 bits per heavy atom. The number of hydrogen-bond acceptors (Lipinski definition) is 4. The number of hydrogen-bond donors (Lipinski definition) is 1. The van der Waals surface area contributed by atoms with Crippen molar-refractivity contribution in [3.8, 4) is 0 Å². The quantitative estimate of drug-likeness (QED) is 0.924. The molecule has 0 atom stereocenters. The van der Waals surface area contributed by atoms with Crippen molar-refractivity contribution in [2.24, 2.45) is 0 Å². The van der Waals surface area contributed by atoms with Gasteiger partial charge in [0.1, 0.15) is 0 Å². The minimum Gasteiger partial charge on any atom is -0.369 e. The first kappa shape index (κ1) is 13.9. The van der Waals surface area contributed by atoms with Crippen LogP contribution in [0.3, 0.4) is 0 Å². The number of benzene rings is 1. The summed E-state index contributed by atoms with van der Waals surface area (Å²) in [5.41, 5.74) is 8.12. The minimum absolute atomic E-state index is 0.604. The summed E-state index contributed by atoms with van der Waals surface area (Å²) in [6.45, 7) is 6.47. The van der Waals surface area contributed by atoms with E-state index in [1.165, 1.54) is 0 Å². The average molecular weight is 338 g/mol. The molecule has 1 fully saturated rings. The van der Waals surface area contributed by atoms with Crippen LogP contribution in [0.4, 0.5) is 5.95 Å². The number of piperazine rings is 1. The van der Waals surface area contributed by atoms with Gasteiger partial charge in [-0.05, 0) is 25.2 Å². The van der Waals surface area contributed by atoms with Crippen molar-refractivity contribution in [2.45, 2.75) is 6.54 Å². The summed E-state index contributed by atoms with van der Waals surface area (Å²) in [5.74, 6) is 0.604. The average Bonchev–Trinajstić information content (AvgIpc) is 2.73. The molecular weight excluding hydrogens is 318 g/mol. The van der Waals surface area contributed by atoms with Gasteiger partial charge in [-0.15, -0.1) is 0 Å². The van der Waals surface area contributed by atoms with Crippen LogP contribution in [0, 0.1) is 0 Å². The number of fused-ring (bicyclic) bond motifs is 1. The van der Waals surface area contributed by atoms with Crippen molar-refractivity contribution in [3.05, 3.63) is 22.7 Å². The van der Waals surface area contributed by atoms with Crippen LogP contribution in [-0.4, -0.2) is 59.1 Å². The van der Waals surface area contributed by atoms with E-state index in [2.05, 4.69) is 48.4 Å². The molecular formula is C14H20BrN5. The smallest absolute Gasteiger partial charge is 0.201 e.